The maximum atomic E-state index is 10.6. The van der Waals surface area contributed by atoms with Crippen LogP contribution in [0.1, 0.15) is 0 Å². The van der Waals surface area contributed by atoms with E-state index in [0.717, 1.165) is 5.39 Å². The van der Waals surface area contributed by atoms with Gasteiger partial charge in [0.25, 0.3) is 0 Å². The van der Waals surface area contributed by atoms with Gasteiger partial charge in [-0.3, -0.25) is 0 Å². The summed E-state index contributed by atoms with van der Waals surface area (Å²) in [6, 6.07) is 10.2. The number of pyridine rings is 1. The average Bonchev–Trinajstić information content (AvgIpc) is 2.63. The van der Waals surface area contributed by atoms with Crippen LogP contribution in [0.25, 0.3) is 10.9 Å². The standard InChI is InChI=1S/C18H12Br2ClNO5/c1-25-16-7-14(21)11-4-9(2-3-15(11)22-16)27-18-12(19)5-10(6-13(18)20)26-8-17(23)24/h2-7H,8H2,1H3,(H,23,24). The number of methoxy groups -OCH3 is 1. The second kappa shape index (κ2) is 8.33. The van der Waals surface area contributed by atoms with Gasteiger partial charge in [-0.25, -0.2) is 9.78 Å². The molecule has 0 unspecified atom stereocenters. The van der Waals surface area contributed by atoms with Gasteiger partial charge in [0, 0.05) is 11.5 Å². The van der Waals surface area contributed by atoms with Crippen LogP contribution in [-0.4, -0.2) is 29.8 Å². The SMILES string of the molecule is COc1cc(Cl)c2cc(Oc3c(Br)cc(OCC(=O)O)cc3Br)ccc2n1. The summed E-state index contributed by atoms with van der Waals surface area (Å²) in [5.74, 6) is 0.831. The van der Waals surface area contributed by atoms with Crippen molar-refractivity contribution in [3.63, 3.8) is 0 Å². The number of nitrogens with zero attached hydrogens (tertiary/aromatic N) is 1. The van der Waals surface area contributed by atoms with E-state index in [0.29, 0.717) is 42.6 Å². The van der Waals surface area contributed by atoms with Gasteiger partial charge in [0.2, 0.25) is 5.88 Å². The van der Waals surface area contributed by atoms with Crippen molar-refractivity contribution in [3.8, 4) is 23.1 Å². The molecule has 1 heterocycles. The predicted molar refractivity (Wildman–Crippen MR) is 108 cm³/mol. The van der Waals surface area contributed by atoms with E-state index in [9.17, 15) is 4.79 Å². The molecule has 0 amide bonds. The van der Waals surface area contributed by atoms with E-state index in [2.05, 4.69) is 36.8 Å². The summed E-state index contributed by atoms with van der Waals surface area (Å²) in [6.45, 7) is -0.432. The number of fused-ring (bicyclic) bond motifs is 1. The topological polar surface area (TPSA) is 77.9 Å². The first-order valence-electron chi connectivity index (χ1n) is 7.53. The maximum Gasteiger partial charge on any atom is 0.341 e. The molecule has 140 valence electrons. The minimum atomic E-state index is -1.05. The summed E-state index contributed by atoms with van der Waals surface area (Å²) in [6.07, 6.45) is 0. The number of carboxylic acids is 1. The summed E-state index contributed by atoms with van der Waals surface area (Å²) in [7, 11) is 1.53. The van der Waals surface area contributed by atoms with E-state index < -0.39 is 12.6 Å². The highest BCUT2D eigenvalue weighted by Crippen LogP contribution is 2.41. The van der Waals surface area contributed by atoms with Crippen LogP contribution in [0.15, 0.2) is 45.3 Å². The molecule has 2 aromatic carbocycles. The monoisotopic (exact) mass is 515 g/mol. The molecule has 6 nitrogen and oxygen atoms in total. The number of hydrogen-bond donors (Lipinski definition) is 1. The number of ether oxygens (including phenoxy) is 3. The first-order valence-corrected chi connectivity index (χ1v) is 9.49. The van der Waals surface area contributed by atoms with Crippen LogP contribution in [0.3, 0.4) is 0 Å². The van der Waals surface area contributed by atoms with E-state index in [4.69, 9.17) is 30.9 Å². The summed E-state index contributed by atoms with van der Waals surface area (Å²) < 4.78 is 17.4. The lowest BCUT2D eigenvalue weighted by molar-refractivity contribution is -0.139. The number of halogens is 3. The molecule has 0 aliphatic carbocycles. The van der Waals surface area contributed by atoms with Crippen molar-refractivity contribution < 1.29 is 24.1 Å². The Morgan fingerprint density at radius 3 is 2.48 bits per heavy atom. The maximum absolute atomic E-state index is 10.6. The number of rotatable bonds is 6. The number of aliphatic carboxylic acids is 1. The van der Waals surface area contributed by atoms with Crippen molar-refractivity contribution in [1.29, 1.82) is 0 Å². The first kappa shape index (κ1) is 19.7. The van der Waals surface area contributed by atoms with E-state index in [1.54, 1.807) is 36.4 Å². The highest BCUT2D eigenvalue weighted by atomic mass is 79.9. The summed E-state index contributed by atoms with van der Waals surface area (Å²) in [5.41, 5.74) is 0.683. The van der Waals surface area contributed by atoms with Crippen molar-refractivity contribution in [1.82, 2.24) is 4.98 Å². The van der Waals surface area contributed by atoms with Crippen LogP contribution in [0.2, 0.25) is 5.02 Å². The minimum absolute atomic E-state index is 0.390. The molecule has 9 heteroatoms. The number of benzene rings is 2. The molecular weight excluding hydrogens is 505 g/mol. The van der Waals surface area contributed by atoms with Gasteiger partial charge in [-0.1, -0.05) is 11.6 Å². The Morgan fingerprint density at radius 2 is 1.85 bits per heavy atom. The predicted octanol–water partition coefficient (Wildman–Crippen LogP) is 5.68. The van der Waals surface area contributed by atoms with Crippen LogP contribution in [0.4, 0.5) is 0 Å². The molecule has 3 rings (SSSR count). The summed E-state index contributed by atoms with van der Waals surface area (Å²) in [5, 5.41) is 9.93. The molecule has 0 spiro atoms. The Balaban J connectivity index is 1.90. The third-order valence-corrected chi connectivity index (χ3v) is 4.96. The van der Waals surface area contributed by atoms with Gasteiger partial charge in [0.1, 0.15) is 11.5 Å². The van der Waals surface area contributed by atoms with Gasteiger partial charge in [-0.15, -0.1) is 0 Å². The zero-order valence-corrected chi connectivity index (χ0v) is 17.8. The molecule has 3 aromatic rings. The third-order valence-electron chi connectivity index (χ3n) is 3.47. The number of aromatic nitrogens is 1. The molecule has 0 saturated carbocycles. The van der Waals surface area contributed by atoms with E-state index >= 15 is 0 Å². The van der Waals surface area contributed by atoms with E-state index in [1.165, 1.54) is 7.11 Å². The molecule has 27 heavy (non-hydrogen) atoms. The van der Waals surface area contributed by atoms with Gasteiger partial charge in [0.05, 0.1) is 26.6 Å². The largest absolute Gasteiger partial charge is 0.482 e. The van der Waals surface area contributed by atoms with Crippen molar-refractivity contribution in [3.05, 3.63) is 50.4 Å². The molecule has 0 saturated heterocycles. The van der Waals surface area contributed by atoms with Gasteiger partial charge >= 0.3 is 5.97 Å². The fraction of sp³-hybridized carbons (Fsp3) is 0.111. The molecule has 0 aliphatic rings. The number of carboxylic acid groups (broad SMARTS) is 1. The lowest BCUT2D eigenvalue weighted by atomic mass is 10.2. The Kier molecular flexibility index (Phi) is 6.08. The molecule has 1 aromatic heterocycles. The fourth-order valence-corrected chi connectivity index (χ4v) is 3.84. The summed E-state index contributed by atoms with van der Waals surface area (Å²) in [4.78, 5) is 15.0. The zero-order valence-electron chi connectivity index (χ0n) is 13.8. The summed E-state index contributed by atoms with van der Waals surface area (Å²) >= 11 is 13.1. The Hall–Kier alpha value is -2.03. The quantitative estimate of drug-likeness (QED) is 0.454. The van der Waals surface area contributed by atoms with Crippen molar-refractivity contribution >= 4 is 60.3 Å². The second-order valence-electron chi connectivity index (χ2n) is 5.33. The lowest BCUT2D eigenvalue weighted by Gasteiger charge is -2.13. The van der Waals surface area contributed by atoms with Gasteiger partial charge < -0.3 is 19.3 Å². The highest BCUT2D eigenvalue weighted by Gasteiger charge is 2.13. The van der Waals surface area contributed by atoms with Gasteiger partial charge in [-0.2, -0.15) is 0 Å². The van der Waals surface area contributed by atoms with E-state index in [1.807, 2.05) is 0 Å². The highest BCUT2D eigenvalue weighted by molar-refractivity contribution is 9.11. The Bertz CT molecular complexity index is 1010. The molecule has 0 radical (unpaired) electrons. The van der Waals surface area contributed by atoms with Crippen LogP contribution < -0.4 is 14.2 Å². The van der Waals surface area contributed by atoms with Crippen LogP contribution in [0, 0.1) is 0 Å². The van der Waals surface area contributed by atoms with E-state index in [-0.39, 0.29) is 0 Å². The number of carbonyl (C=O) groups is 1. The minimum Gasteiger partial charge on any atom is -0.482 e. The Morgan fingerprint density at radius 1 is 1.15 bits per heavy atom. The van der Waals surface area contributed by atoms with Gasteiger partial charge in [-0.05, 0) is 62.2 Å². The zero-order chi connectivity index (χ0) is 19.6. The second-order valence-corrected chi connectivity index (χ2v) is 7.44. The molecule has 0 atom stereocenters. The number of hydrogen-bond acceptors (Lipinski definition) is 5. The van der Waals surface area contributed by atoms with Crippen molar-refractivity contribution in [2.45, 2.75) is 0 Å². The lowest BCUT2D eigenvalue weighted by Crippen LogP contribution is -2.09. The molecule has 1 N–H and O–H groups in total. The van der Waals surface area contributed by atoms with Crippen LogP contribution in [-0.2, 0) is 4.79 Å². The van der Waals surface area contributed by atoms with Crippen LogP contribution in [0.5, 0.6) is 23.1 Å². The smallest absolute Gasteiger partial charge is 0.341 e. The first-order chi connectivity index (χ1) is 12.9. The van der Waals surface area contributed by atoms with Crippen LogP contribution >= 0.6 is 43.5 Å². The molecule has 0 aliphatic heterocycles. The average molecular weight is 518 g/mol. The van der Waals surface area contributed by atoms with Crippen molar-refractivity contribution in [2.75, 3.05) is 13.7 Å². The Labute approximate surface area is 176 Å². The molecule has 0 bridgehead atoms. The normalized spacial score (nSPS) is 10.7. The molecular formula is C18H12Br2ClNO5. The third kappa shape index (κ3) is 4.63. The fourth-order valence-electron chi connectivity index (χ4n) is 2.29. The van der Waals surface area contributed by atoms with Crippen molar-refractivity contribution in [2.24, 2.45) is 0 Å². The molecule has 0 fully saturated rings. The van der Waals surface area contributed by atoms with Gasteiger partial charge in [0.15, 0.2) is 12.4 Å².